The topological polar surface area (TPSA) is 51.0 Å². The van der Waals surface area contributed by atoms with Crippen molar-refractivity contribution in [3.05, 3.63) is 17.5 Å². The van der Waals surface area contributed by atoms with Gasteiger partial charge in [0.15, 0.2) is 11.0 Å². The Morgan fingerprint density at radius 1 is 1.29 bits per heavy atom. The number of thioether (sulfide) groups is 1. The maximum Gasteiger partial charge on any atom is 0.235 e. The molecule has 1 aliphatic heterocycles. The predicted octanol–water partition coefficient (Wildman–Crippen LogP) is 3.83. The number of carbonyl (C=O) groups is 1. The van der Waals surface area contributed by atoms with Gasteiger partial charge in [-0.2, -0.15) is 0 Å². The molecule has 1 atom stereocenters. The van der Waals surface area contributed by atoms with Crippen molar-refractivity contribution in [2.24, 2.45) is 0 Å². The third-order valence-electron chi connectivity index (χ3n) is 4.62. The minimum Gasteiger partial charge on any atom is -0.342 e. The van der Waals surface area contributed by atoms with Gasteiger partial charge in [-0.1, -0.05) is 17.8 Å². The van der Waals surface area contributed by atoms with Crippen LogP contribution >= 0.6 is 23.1 Å². The number of aromatic nitrogens is 3. The van der Waals surface area contributed by atoms with E-state index < -0.39 is 0 Å². The van der Waals surface area contributed by atoms with Crippen LogP contribution in [0.25, 0.3) is 10.7 Å². The van der Waals surface area contributed by atoms with Crippen molar-refractivity contribution in [1.82, 2.24) is 19.7 Å². The minimum atomic E-state index is -0.110. The standard InChI is InChI=1S/C17H22N4OS2/c1-12(16(22)20-9-3-2-4-10-20)24-17-19-18-15(14-6-5-11-23-14)21(17)13-7-8-13/h5-6,11-13H,2-4,7-10H2,1H3/t12-/m0/s1. The highest BCUT2D eigenvalue weighted by Gasteiger charge is 2.32. The Hall–Kier alpha value is -1.34. The zero-order valence-corrected chi connectivity index (χ0v) is 15.5. The van der Waals surface area contributed by atoms with E-state index in [1.54, 1.807) is 23.1 Å². The zero-order valence-electron chi connectivity index (χ0n) is 13.9. The number of hydrogen-bond donors (Lipinski definition) is 0. The van der Waals surface area contributed by atoms with Crippen LogP contribution in [0.15, 0.2) is 22.7 Å². The lowest BCUT2D eigenvalue weighted by Gasteiger charge is -2.28. The molecule has 0 bridgehead atoms. The van der Waals surface area contributed by atoms with Gasteiger partial charge in [-0.05, 0) is 50.5 Å². The summed E-state index contributed by atoms with van der Waals surface area (Å²) in [6.07, 6.45) is 5.86. The van der Waals surface area contributed by atoms with Gasteiger partial charge in [0.2, 0.25) is 5.91 Å². The molecule has 128 valence electrons. The van der Waals surface area contributed by atoms with E-state index in [4.69, 9.17) is 0 Å². The fraction of sp³-hybridized carbons (Fsp3) is 0.588. The number of thiophene rings is 1. The monoisotopic (exact) mass is 362 g/mol. The molecule has 2 aliphatic rings. The molecule has 24 heavy (non-hydrogen) atoms. The first-order valence-electron chi connectivity index (χ1n) is 8.68. The number of hydrogen-bond acceptors (Lipinski definition) is 5. The van der Waals surface area contributed by atoms with Crippen molar-refractivity contribution in [1.29, 1.82) is 0 Å². The van der Waals surface area contributed by atoms with Crippen LogP contribution in [0.1, 0.15) is 45.1 Å². The number of likely N-dealkylation sites (tertiary alicyclic amines) is 1. The van der Waals surface area contributed by atoms with Crippen LogP contribution in [-0.2, 0) is 4.79 Å². The predicted molar refractivity (Wildman–Crippen MR) is 97.4 cm³/mol. The Morgan fingerprint density at radius 2 is 2.08 bits per heavy atom. The number of carbonyl (C=O) groups excluding carboxylic acids is 1. The fourth-order valence-electron chi connectivity index (χ4n) is 3.17. The van der Waals surface area contributed by atoms with E-state index in [0.29, 0.717) is 6.04 Å². The largest absolute Gasteiger partial charge is 0.342 e. The van der Waals surface area contributed by atoms with E-state index >= 15 is 0 Å². The Balaban J connectivity index is 1.53. The molecule has 7 heteroatoms. The van der Waals surface area contributed by atoms with E-state index in [0.717, 1.165) is 41.8 Å². The van der Waals surface area contributed by atoms with Crippen LogP contribution in [-0.4, -0.2) is 43.9 Å². The summed E-state index contributed by atoms with van der Waals surface area (Å²) in [6, 6.07) is 4.63. The molecule has 0 unspecified atom stereocenters. The normalized spacial score (nSPS) is 19.5. The first-order valence-corrected chi connectivity index (χ1v) is 10.4. The highest BCUT2D eigenvalue weighted by Crippen LogP contribution is 2.42. The number of amides is 1. The smallest absolute Gasteiger partial charge is 0.235 e. The van der Waals surface area contributed by atoms with Crippen LogP contribution in [0.4, 0.5) is 0 Å². The van der Waals surface area contributed by atoms with Crippen molar-refractivity contribution in [2.45, 2.75) is 55.5 Å². The second kappa shape index (κ2) is 6.88. The van der Waals surface area contributed by atoms with Crippen molar-refractivity contribution in [3.63, 3.8) is 0 Å². The molecule has 1 amide bonds. The van der Waals surface area contributed by atoms with Crippen molar-refractivity contribution in [3.8, 4) is 10.7 Å². The van der Waals surface area contributed by atoms with Gasteiger partial charge in [-0.15, -0.1) is 21.5 Å². The third-order valence-corrected chi connectivity index (χ3v) is 6.53. The molecule has 2 aromatic heterocycles. The quantitative estimate of drug-likeness (QED) is 0.759. The van der Waals surface area contributed by atoms with Crippen LogP contribution < -0.4 is 0 Å². The van der Waals surface area contributed by atoms with E-state index in [2.05, 4.69) is 26.2 Å². The van der Waals surface area contributed by atoms with Gasteiger partial charge in [-0.3, -0.25) is 9.36 Å². The summed E-state index contributed by atoms with van der Waals surface area (Å²) < 4.78 is 2.25. The molecule has 1 saturated heterocycles. The lowest BCUT2D eigenvalue weighted by atomic mass is 10.1. The summed E-state index contributed by atoms with van der Waals surface area (Å²) >= 11 is 3.25. The average Bonchev–Trinajstić information content (AvgIpc) is 3.14. The number of nitrogens with zero attached hydrogens (tertiary/aromatic N) is 4. The van der Waals surface area contributed by atoms with Gasteiger partial charge < -0.3 is 4.90 Å². The molecule has 5 nitrogen and oxygen atoms in total. The van der Waals surface area contributed by atoms with Gasteiger partial charge in [-0.25, -0.2) is 0 Å². The van der Waals surface area contributed by atoms with Crippen LogP contribution in [0.3, 0.4) is 0 Å². The molecule has 2 aromatic rings. The summed E-state index contributed by atoms with van der Waals surface area (Å²) in [4.78, 5) is 15.8. The fourth-order valence-corrected chi connectivity index (χ4v) is 4.88. The van der Waals surface area contributed by atoms with Crippen LogP contribution in [0, 0.1) is 0 Å². The first kappa shape index (κ1) is 16.1. The molecule has 0 spiro atoms. The van der Waals surface area contributed by atoms with Gasteiger partial charge in [0.05, 0.1) is 10.1 Å². The molecule has 0 N–H and O–H groups in total. The highest BCUT2D eigenvalue weighted by molar-refractivity contribution is 8.00. The minimum absolute atomic E-state index is 0.110. The third kappa shape index (κ3) is 3.24. The SMILES string of the molecule is C[C@H](Sc1nnc(-c2cccs2)n1C1CC1)C(=O)N1CCCCC1. The maximum atomic E-state index is 12.7. The summed E-state index contributed by atoms with van der Waals surface area (Å²) in [5.41, 5.74) is 0. The molecule has 2 fully saturated rings. The molecular formula is C17H22N4OS2. The maximum absolute atomic E-state index is 12.7. The summed E-state index contributed by atoms with van der Waals surface area (Å²) in [6.45, 7) is 3.80. The summed E-state index contributed by atoms with van der Waals surface area (Å²) in [7, 11) is 0. The van der Waals surface area contributed by atoms with Crippen LogP contribution in [0.5, 0.6) is 0 Å². The van der Waals surface area contributed by atoms with Crippen molar-refractivity contribution >= 4 is 29.0 Å². The lowest BCUT2D eigenvalue weighted by molar-refractivity contribution is -0.131. The Morgan fingerprint density at radius 3 is 2.75 bits per heavy atom. The van der Waals surface area contributed by atoms with Crippen LogP contribution in [0.2, 0.25) is 0 Å². The van der Waals surface area contributed by atoms with E-state index in [1.165, 1.54) is 19.3 Å². The number of piperidine rings is 1. The Kier molecular flexibility index (Phi) is 4.63. The number of rotatable bonds is 5. The molecule has 0 aromatic carbocycles. The molecule has 4 rings (SSSR count). The van der Waals surface area contributed by atoms with E-state index in [-0.39, 0.29) is 11.2 Å². The van der Waals surface area contributed by atoms with E-state index in [1.807, 2.05) is 17.9 Å². The second-order valence-corrected chi connectivity index (χ2v) is 8.79. The molecule has 0 radical (unpaired) electrons. The van der Waals surface area contributed by atoms with E-state index in [9.17, 15) is 4.79 Å². The van der Waals surface area contributed by atoms with Gasteiger partial charge in [0.1, 0.15) is 0 Å². The first-order chi connectivity index (χ1) is 11.7. The summed E-state index contributed by atoms with van der Waals surface area (Å²) in [5, 5.41) is 11.7. The Bertz CT molecular complexity index is 702. The second-order valence-electron chi connectivity index (χ2n) is 6.53. The Labute approximate surface area is 150 Å². The van der Waals surface area contributed by atoms with Crippen molar-refractivity contribution in [2.75, 3.05) is 13.1 Å². The van der Waals surface area contributed by atoms with Crippen molar-refractivity contribution < 1.29 is 4.79 Å². The lowest BCUT2D eigenvalue weighted by Crippen LogP contribution is -2.40. The molecule has 1 aliphatic carbocycles. The molecular weight excluding hydrogens is 340 g/mol. The molecule has 1 saturated carbocycles. The zero-order chi connectivity index (χ0) is 16.5. The summed E-state index contributed by atoms with van der Waals surface area (Å²) in [5.74, 6) is 1.19. The average molecular weight is 363 g/mol. The van der Waals surface area contributed by atoms with Gasteiger partial charge >= 0.3 is 0 Å². The highest BCUT2D eigenvalue weighted by atomic mass is 32.2. The van der Waals surface area contributed by atoms with Gasteiger partial charge in [0.25, 0.3) is 0 Å². The molecule has 3 heterocycles. The van der Waals surface area contributed by atoms with Gasteiger partial charge in [0, 0.05) is 19.1 Å².